The van der Waals surface area contributed by atoms with Crippen molar-refractivity contribution in [3.8, 4) is 17.2 Å². The fourth-order valence-electron chi connectivity index (χ4n) is 1.75. The van der Waals surface area contributed by atoms with Crippen molar-refractivity contribution in [3.05, 3.63) is 59.4 Å². The lowest BCUT2D eigenvalue weighted by molar-refractivity contribution is -0.137. The highest BCUT2D eigenvalue weighted by atomic mass is 19.4. The minimum absolute atomic E-state index is 0.160. The standard InChI is InChI=1S/C14H7F4N/c15-13-4-2-1-3-11(13)9-5-6-12(14(16,17)18)10(7-9)8-19/h1-7H. The van der Waals surface area contributed by atoms with Gasteiger partial charge in [0.2, 0.25) is 0 Å². The molecule has 0 radical (unpaired) electrons. The van der Waals surface area contributed by atoms with Crippen molar-refractivity contribution < 1.29 is 17.6 Å². The summed E-state index contributed by atoms with van der Waals surface area (Å²) in [5.41, 5.74) is -1.14. The lowest BCUT2D eigenvalue weighted by Crippen LogP contribution is -2.07. The van der Waals surface area contributed by atoms with E-state index in [1.165, 1.54) is 24.3 Å². The maximum absolute atomic E-state index is 13.5. The molecule has 0 bridgehead atoms. The summed E-state index contributed by atoms with van der Waals surface area (Å²) < 4.78 is 51.4. The van der Waals surface area contributed by atoms with Gasteiger partial charge in [0.1, 0.15) is 5.82 Å². The molecule has 0 aliphatic rings. The second-order valence-electron chi connectivity index (χ2n) is 3.85. The number of nitrogens with zero attached hydrogens (tertiary/aromatic N) is 1. The van der Waals surface area contributed by atoms with Gasteiger partial charge in [-0.05, 0) is 23.8 Å². The highest BCUT2D eigenvalue weighted by Gasteiger charge is 2.33. The van der Waals surface area contributed by atoms with Crippen LogP contribution >= 0.6 is 0 Å². The zero-order valence-corrected chi connectivity index (χ0v) is 9.50. The third kappa shape index (κ3) is 2.58. The van der Waals surface area contributed by atoms with Crippen LogP contribution in [0.25, 0.3) is 11.1 Å². The van der Waals surface area contributed by atoms with Crippen LogP contribution in [0.1, 0.15) is 11.1 Å². The van der Waals surface area contributed by atoms with Crippen LogP contribution in [0.3, 0.4) is 0 Å². The average Bonchev–Trinajstić information content (AvgIpc) is 2.37. The first-order valence-electron chi connectivity index (χ1n) is 5.29. The molecule has 19 heavy (non-hydrogen) atoms. The molecule has 0 saturated heterocycles. The molecule has 0 heterocycles. The van der Waals surface area contributed by atoms with Crippen LogP contribution in [-0.4, -0.2) is 0 Å². The Labute approximate surface area is 106 Å². The quantitative estimate of drug-likeness (QED) is 0.702. The van der Waals surface area contributed by atoms with E-state index in [0.717, 1.165) is 18.2 Å². The first kappa shape index (κ1) is 13.1. The molecule has 0 amide bonds. The Bertz CT molecular complexity index is 653. The van der Waals surface area contributed by atoms with Crippen molar-refractivity contribution in [1.29, 1.82) is 5.26 Å². The van der Waals surface area contributed by atoms with Crippen LogP contribution in [-0.2, 0) is 6.18 Å². The van der Waals surface area contributed by atoms with E-state index in [9.17, 15) is 17.6 Å². The van der Waals surface area contributed by atoms with Gasteiger partial charge in [0.05, 0.1) is 17.2 Å². The van der Waals surface area contributed by atoms with E-state index in [-0.39, 0.29) is 11.1 Å². The number of hydrogen-bond donors (Lipinski definition) is 0. The zero-order valence-electron chi connectivity index (χ0n) is 9.50. The number of halogens is 4. The topological polar surface area (TPSA) is 23.8 Å². The lowest BCUT2D eigenvalue weighted by atomic mass is 9.99. The Morgan fingerprint density at radius 3 is 2.26 bits per heavy atom. The summed E-state index contributed by atoms with van der Waals surface area (Å²) in [5.74, 6) is -0.550. The molecule has 2 aromatic rings. The third-order valence-corrected chi connectivity index (χ3v) is 2.63. The van der Waals surface area contributed by atoms with Gasteiger partial charge in [0.25, 0.3) is 0 Å². The van der Waals surface area contributed by atoms with Crippen LogP contribution in [0.2, 0.25) is 0 Å². The van der Waals surface area contributed by atoms with Crippen molar-refractivity contribution in [2.24, 2.45) is 0 Å². The first-order chi connectivity index (χ1) is 8.93. The monoisotopic (exact) mass is 265 g/mol. The van der Waals surface area contributed by atoms with Gasteiger partial charge >= 0.3 is 6.18 Å². The molecule has 2 rings (SSSR count). The lowest BCUT2D eigenvalue weighted by Gasteiger charge is -2.10. The fourth-order valence-corrected chi connectivity index (χ4v) is 1.75. The van der Waals surface area contributed by atoms with Crippen LogP contribution in [0.4, 0.5) is 17.6 Å². The molecule has 2 aromatic carbocycles. The summed E-state index contributed by atoms with van der Waals surface area (Å²) in [6, 6.07) is 10.2. The number of alkyl halides is 3. The van der Waals surface area contributed by atoms with Gasteiger partial charge in [-0.1, -0.05) is 24.3 Å². The van der Waals surface area contributed by atoms with Crippen LogP contribution in [0.15, 0.2) is 42.5 Å². The summed E-state index contributed by atoms with van der Waals surface area (Å²) in [6.45, 7) is 0. The van der Waals surface area contributed by atoms with Crippen LogP contribution in [0.5, 0.6) is 0 Å². The predicted molar refractivity (Wildman–Crippen MR) is 61.6 cm³/mol. The van der Waals surface area contributed by atoms with E-state index >= 15 is 0 Å². The van der Waals surface area contributed by atoms with Crippen LogP contribution < -0.4 is 0 Å². The van der Waals surface area contributed by atoms with E-state index in [2.05, 4.69) is 0 Å². The van der Waals surface area contributed by atoms with Crippen molar-refractivity contribution in [3.63, 3.8) is 0 Å². The summed E-state index contributed by atoms with van der Waals surface area (Å²) in [5, 5.41) is 8.78. The van der Waals surface area contributed by atoms with Gasteiger partial charge in [-0.2, -0.15) is 18.4 Å². The van der Waals surface area contributed by atoms with Gasteiger partial charge in [-0.25, -0.2) is 4.39 Å². The molecule has 0 fully saturated rings. The Balaban J connectivity index is 2.59. The number of rotatable bonds is 1. The van der Waals surface area contributed by atoms with Gasteiger partial charge in [-0.3, -0.25) is 0 Å². The second kappa shape index (κ2) is 4.73. The van der Waals surface area contributed by atoms with E-state index in [4.69, 9.17) is 5.26 Å². The molecule has 1 nitrogen and oxygen atoms in total. The third-order valence-electron chi connectivity index (χ3n) is 2.63. The van der Waals surface area contributed by atoms with Crippen molar-refractivity contribution >= 4 is 0 Å². The summed E-state index contributed by atoms with van der Waals surface area (Å²) >= 11 is 0. The molecule has 0 aliphatic heterocycles. The Hall–Kier alpha value is -2.35. The van der Waals surface area contributed by atoms with Crippen molar-refractivity contribution in [1.82, 2.24) is 0 Å². The molecule has 0 aliphatic carbocycles. The maximum atomic E-state index is 13.5. The highest BCUT2D eigenvalue weighted by Crippen LogP contribution is 2.34. The molecule has 0 aromatic heterocycles. The SMILES string of the molecule is N#Cc1cc(-c2ccccc2F)ccc1C(F)(F)F. The van der Waals surface area contributed by atoms with E-state index in [1.807, 2.05) is 0 Å². The predicted octanol–water partition coefficient (Wildman–Crippen LogP) is 4.38. The van der Waals surface area contributed by atoms with Crippen molar-refractivity contribution in [2.45, 2.75) is 6.18 Å². The Morgan fingerprint density at radius 1 is 1.00 bits per heavy atom. The second-order valence-corrected chi connectivity index (χ2v) is 3.85. The Kier molecular flexibility index (Phi) is 3.26. The Morgan fingerprint density at radius 2 is 1.68 bits per heavy atom. The first-order valence-corrected chi connectivity index (χ1v) is 5.29. The average molecular weight is 265 g/mol. The van der Waals surface area contributed by atoms with E-state index < -0.39 is 23.1 Å². The largest absolute Gasteiger partial charge is 0.417 e. The van der Waals surface area contributed by atoms with Gasteiger partial charge in [-0.15, -0.1) is 0 Å². The van der Waals surface area contributed by atoms with Gasteiger partial charge in [0.15, 0.2) is 0 Å². The molecule has 96 valence electrons. The minimum atomic E-state index is -4.60. The smallest absolute Gasteiger partial charge is 0.206 e. The summed E-state index contributed by atoms with van der Waals surface area (Å²) in [7, 11) is 0. The van der Waals surface area contributed by atoms with Crippen LogP contribution in [0, 0.1) is 17.1 Å². The zero-order chi connectivity index (χ0) is 14.0. The number of benzene rings is 2. The van der Waals surface area contributed by atoms with Gasteiger partial charge < -0.3 is 0 Å². The maximum Gasteiger partial charge on any atom is 0.417 e. The molecular weight excluding hydrogens is 258 g/mol. The summed E-state index contributed by atoms with van der Waals surface area (Å²) in [4.78, 5) is 0. The minimum Gasteiger partial charge on any atom is -0.206 e. The van der Waals surface area contributed by atoms with E-state index in [1.54, 1.807) is 6.07 Å². The molecule has 0 unspecified atom stereocenters. The molecule has 0 N–H and O–H groups in total. The normalized spacial score (nSPS) is 11.1. The molecule has 0 atom stereocenters. The summed E-state index contributed by atoms with van der Waals surface area (Å²) in [6.07, 6.45) is -4.60. The van der Waals surface area contributed by atoms with E-state index in [0.29, 0.717) is 0 Å². The van der Waals surface area contributed by atoms with Gasteiger partial charge in [0, 0.05) is 5.56 Å². The molecular formula is C14H7F4N. The molecule has 0 spiro atoms. The number of hydrogen-bond acceptors (Lipinski definition) is 1. The molecule has 0 saturated carbocycles. The molecule has 5 heteroatoms. The highest BCUT2D eigenvalue weighted by molar-refractivity contribution is 5.67. The fraction of sp³-hybridized carbons (Fsp3) is 0.0714. The number of nitriles is 1. The van der Waals surface area contributed by atoms with Crippen molar-refractivity contribution in [2.75, 3.05) is 0 Å².